The van der Waals surface area contributed by atoms with Crippen LogP contribution in [0.2, 0.25) is 0 Å². The molecular formula is C15H27NO. The van der Waals surface area contributed by atoms with Crippen molar-refractivity contribution in [2.24, 2.45) is 11.3 Å². The van der Waals surface area contributed by atoms with E-state index in [-0.39, 0.29) is 0 Å². The van der Waals surface area contributed by atoms with Gasteiger partial charge in [-0.3, -0.25) is 0 Å². The maximum atomic E-state index is 5.69. The average molecular weight is 237 g/mol. The average Bonchev–Trinajstić information content (AvgIpc) is 3.17. The van der Waals surface area contributed by atoms with Gasteiger partial charge in [0.05, 0.1) is 6.61 Å². The van der Waals surface area contributed by atoms with Crippen molar-refractivity contribution in [2.45, 2.75) is 63.8 Å². The summed E-state index contributed by atoms with van der Waals surface area (Å²) in [5.74, 6) is 0.906. The Balaban J connectivity index is 1.31. The number of hydrogen-bond acceptors (Lipinski definition) is 2. The molecule has 1 spiro atoms. The third kappa shape index (κ3) is 2.85. The van der Waals surface area contributed by atoms with Crippen molar-refractivity contribution in [3.63, 3.8) is 0 Å². The molecule has 17 heavy (non-hydrogen) atoms. The minimum Gasteiger partial charge on any atom is -0.380 e. The summed E-state index contributed by atoms with van der Waals surface area (Å²) in [6.07, 6.45) is 13.1. The van der Waals surface area contributed by atoms with Crippen molar-refractivity contribution in [2.75, 3.05) is 19.8 Å². The van der Waals surface area contributed by atoms with Gasteiger partial charge in [-0.1, -0.05) is 19.3 Å². The second kappa shape index (κ2) is 5.27. The zero-order valence-electron chi connectivity index (χ0n) is 11.0. The molecule has 1 unspecified atom stereocenters. The van der Waals surface area contributed by atoms with Crippen molar-refractivity contribution >= 4 is 0 Å². The van der Waals surface area contributed by atoms with Gasteiger partial charge >= 0.3 is 0 Å². The van der Waals surface area contributed by atoms with Gasteiger partial charge in [0.15, 0.2) is 0 Å². The van der Waals surface area contributed by atoms with Crippen molar-refractivity contribution < 1.29 is 4.74 Å². The van der Waals surface area contributed by atoms with Gasteiger partial charge in [0.2, 0.25) is 0 Å². The molecule has 98 valence electrons. The highest BCUT2D eigenvalue weighted by molar-refractivity contribution is 5.01. The Morgan fingerprint density at radius 2 is 1.82 bits per heavy atom. The number of nitrogens with one attached hydrogen (secondary N) is 1. The van der Waals surface area contributed by atoms with E-state index >= 15 is 0 Å². The predicted molar refractivity (Wildman–Crippen MR) is 70.1 cm³/mol. The van der Waals surface area contributed by atoms with Gasteiger partial charge in [-0.05, 0) is 49.9 Å². The van der Waals surface area contributed by atoms with E-state index in [4.69, 9.17) is 4.74 Å². The Labute approximate surface area is 105 Å². The van der Waals surface area contributed by atoms with E-state index < -0.39 is 0 Å². The molecule has 0 saturated heterocycles. The van der Waals surface area contributed by atoms with Crippen LogP contribution >= 0.6 is 0 Å². The molecule has 2 nitrogen and oxygen atoms in total. The summed E-state index contributed by atoms with van der Waals surface area (Å²) in [7, 11) is 0. The van der Waals surface area contributed by atoms with Crippen LogP contribution in [-0.4, -0.2) is 25.8 Å². The molecule has 1 atom stereocenters. The lowest BCUT2D eigenvalue weighted by Gasteiger charge is -2.52. The molecule has 0 heterocycles. The summed E-state index contributed by atoms with van der Waals surface area (Å²) in [4.78, 5) is 0. The maximum absolute atomic E-state index is 5.69. The first-order chi connectivity index (χ1) is 8.39. The first-order valence-corrected chi connectivity index (χ1v) is 7.70. The molecule has 3 aliphatic carbocycles. The van der Waals surface area contributed by atoms with E-state index in [0.29, 0.717) is 5.41 Å². The topological polar surface area (TPSA) is 21.3 Å². The van der Waals surface area contributed by atoms with Gasteiger partial charge in [0, 0.05) is 19.2 Å². The Morgan fingerprint density at radius 1 is 1.00 bits per heavy atom. The quantitative estimate of drug-likeness (QED) is 0.717. The van der Waals surface area contributed by atoms with Crippen LogP contribution in [-0.2, 0) is 4.74 Å². The molecule has 0 aromatic heterocycles. The molecule has 3 saturated carbocycles. The van der Waals surface area contributed by atoms with Gasteiger partial charge < -0.3 is 10.1 Å². The summed E-state index contributed by atoms with van der Waals surface area (Å²) < 4.78 is 5.69. The summed E-state index contributed by atoms with van der Waals surface area (Å²) in [6.45, 7) is 3.00. The molecule has 1 N–H and O–H groups in total. The van der Waals surface area contributed by atoms with Crippen LogP contribution in [0.15, 0.2) is 0 Å². The van der Waals surface area contributed by atoms with E-state index in [2.05, 4.69) is 5.32 Å². The largest absolute Gasteiger partial charge is 0.380 e. The minimum atomic E-state index is 0.703. The van der Waals surface area contributed by atoms with E-state index in [0.717, 1.165) is 31.7 Å². The SMILES string of the molecule is C1CCC2(CC1)CCC2NCCOCC1CC1. The van der Waals surface area contributed by atoms with E-state index in [1.165, 1.54) is 57.8 Å². The highest BCUT2D eigenvalue weighted by atomic mass is 16.5. The van der Waals surface area contributed by atoms with Gasteiger partial charge in [-0.25, -0.2) is 0 Å². The van der Waals surface area contributed by atoms with Crippen LogP contribution < -0.4 is 5.32 Å². The molecule has 3 aliphatic rings. The van der Waals surface area contributed by atoms with E-state index in [1.54, 1.807) is 0 Å². The van der Waals surface area contributed by atoms with Crippen LogP contribution in [0, 0.1) is 11.3 Å². The normalized spacial score (nSPS) is 31.4. The fraction of sp³-hybridized carbons (Fsp3) is 1.00. The molecule has 0 aliphatic heterocycles. The van der Waals surface area contributed by atoms with Gasteiger partial charge in [0.1, 0.15) is 0 Å². The fourth-order valence-electron chi connectivity index (χ4n) is 3.71. The predicted octanol–water partition coefficient (Wildman–Crippen LogP) is 3.12. The van der Waals surface area contributed by atoms with Crippen LogP contribution in [0.1, 0.15) is 57.8 Å². The van der Waals surface area contributed by atoms with Crippen molar-refractivity contribution in [3.8, 4) is 0 Å². The van der Waals surface area contributed by atoms with Crippen molar-refractivity contribution in [3.05, 3.63) is 0 Å². The summed E-state index contributed by atoms with van der Waals surface area (Å²) in [5.41, 5.74) is 0.703. The number of rotatable bonds is 6. The van der Waals surface area contributed by atoms with Crippen LogP contribution in [0.25, 0.3) is 0 Å². The standard InChI is InChI=1S/C15H27NO/c1-2-7-15(8-3-1)9-6-14(15)16-10-11-17-12-13-4-5-13/h13-14,16H,1-12H2. The summed E-state index contributed by atoms with van der Waals surface area (Å²) >= 11 is 0. The van der Waals surface area contributed by atoms with Gasteiger partial charge in [-0.2, -0.15) is 0 Å². The zero-order valence-corrected chi connectivity index (χ0v) is 11.0. The third-order valence-electron chi connectivity index (χ3n) is 5.21. The molecule has 0 aromatic rings. The highest BCUT2D eigenvalue weighted by Crippen LogP contribution is 2.51. The lowest BCUT2D eigenvalue weighted by molar-refractivity contribution is 0.0173. The van der Waals surface area contributed by atoms with Crippen LogP contribution in [0.4, 0.5) is 0 Å². The molecular weight excluding hydrogens is 210 g/mol. The highest BCUT2D eigenvalue weighted by Gasteiger charge is 2.46. The Morgan fingerprint density at radius 3 is 2.47 bits per heavy atom. The number of ether oxygens (including phenoxy) is 1. The van der Waals surface area contributed by atoms with E-state index in [9.17, 15) is 0 Å². The smallest absolute Gasteiger partial charge is 0.0591 e. The first-order valence-electron chi connectivity index (χ1n) is 7.70. The lowest BCUT2D eigenvalue weighted by Crippen LogP contribution is -2.54. The monoisotopic (exact) mass is 237 g/mol. The second-order valence-corrected chi connectivity index (χ2v) is 6.49. The summed E-state index contributed by atoms with van der Waals surface area (Å²) in [6, 6.07) is 0.812. The zero-order chi connectivity index (χ0) is 11.6. The molecule has 0 radical (unpaired) electrons. The molecule has 0 bridgehead atoms. The molecule has 3 rings (SSSR count). The minimum absolute atomic E-state index is 0.703. The fourth-order valence-corrected chi connectivity index (χ4v) is 3.71. The molecule has 0 amide bonds. The lowest BCUT2D eigenvalue weighted by atomic mass is 9.57. The first kappa shape index (κ1) is 12.0. The molecule has 0 aromatic carbocycles. The van der Waals surface area contributed by atoms with Crippen LogP contribution in [0.3, 0.4) is 0 Å². The van der Waals surface area contributed by atoms with Crippen LogP contribution in [0.5, 0.6) is 0 Å². The third-order valence-corrected chi connectivity index (χ3v) is 5.21. The number of hydrogen-bond donors (Lipinski definition) is 1. The van der Waals surface area contributed by atoms with Gasteiger partial charge in [-0.15, -0.1) is 0 Å². The maximum Gasteiger partial charge on any atom is 0.0591 e. The van der Waals surface area contributed by atoms with Crippen molar-refractivity contribution in [1.29, 1.82) is 0 Å². The summed E-state index contributed by atoms with van der Waals surface area (Å²) in [5, 5.41) is 3.75. The Hall–Kier alpha value is -0.0800. The van der Waals surface area contributed by atoms with Crippen molar-refractivity contribution in [1.82, 2.24) is 5.32 Å². The second-order valence-electron chi connectivity index (χ2n) is 6.49. The van der Waals surface area contributed by atoms with Gasteiger partial charge in [0.25, 0.3) is 0 Å². The molecule has 2 heteroatoms. The molecule has 3 fully saturated rings. The van der Waals surface area contributed by atoms with E-state index in [1.807, 2.05) is 0 Å². The Kier molecular flexibility index (Phi) is 3.72. The Bertz CT molecular complexity index is 243.